The van der Waals surface area contributed by atoms with E-state index in [9.17, 15) is 4.79 Å². The fourth-order valence-corrected chi connectivity index (χ4v) is 4.73. The molecule has 7 heteroatoms. The molecule has 3 rings (SSSR count). The molecule has 0 radical (unpaired) electrons. The minimum Gasteiger partial charge on any atom is -0.357 e. The van der Waals surface area contributed by atoms with Crippen molar-refractivity contribution < 1.29 is 4.79 Å². The van der Waals surface area contributed by atoms with Crippen LogP contribution in [0.1, 0.15) is 74.7 Å². The monoisotopic (exact) mass is 555 g/mol. The van der Waals surface area contributed by atoms with Gasteiger partial charge in [0.1, 0.15) is 0 Å². The summed E-state index contributed by atoms with van der Waals surface area (Å²) in [6.07, 6.45) is 8.71. The van der Waals surface area contributed by atoms with Gasteiger partial charge in [-0.05, 0) is 69.7 Å². The number of benzene rings is 1. The Kier molecular flexibility index (Phi) is 12.4. The molecule has 0 saturated carbocycles. The predicted octanol–water partition coefficient (Wildman–Crippen LogP) is 4.25. The maximum Gasteiger partial charge on any atom is 0.253 e. The van der Waals surface area contributed by atoms with E-state index in [1.165, 1.54) is 38.6 Å². The first kappa shape index (κ1) is 26.9. The van der Waals surface area contributed by atoms with Crippen molar-refractivity contribution in [3.05, 3.63) is 35.4 Å². The van der Waals surface area contributed by atoms with Gasteiger partial charge in [-0.3, -0.25) is 9.69 Å². The van der Waals surface area contributed by atoms with Gasteiger partial charge in [0.05, 0.1) is 6.54 Å². The highest BCUT2D eigenvalue weighted by Gasteiger charge is 2.20. The zero-order chi connectivity index (χ0) is 21.9. The Labute approximate surface area is 211 Å². The van der Waals surface area contributed by atoms with Gasteiger partial charge < -0.3 is 15.5 Å². The van der Waals surface area contributed by atoms with Crippen LogP contribution in [-0.2, 0) is 6.54 Å². The van der Waals surface area contributed by atoms with Crippen LogP contribution in [0.5, 0.6) is 0 Å². The largest absolute Gasteiger partial charge is 0.357 e. The topological polar surface area (TPSA) is 60.0 Å². The number of carbonyl (C=O) groups excluding carboxylic acids is 1. The van der Waals surface area contributed by atoms with E-state index in [1.807, 2.05) is 23.1 Å². The van der Waals surface area contributed by atoms with E-state index in [4.69, 9.17) is 4.99 Å². The van der Waals surface area contributed by atoms with Crippen molar-refractivity contribution in [3.63, 3.8) is 0 Å². The number of hydrogen-bond donors (Lipinski definition) is 2. The summed E-state index contributed by atoms with van der Waals surface area (Å²) in [7, 11) is 0. The number of aliphatic imine (C=N–C) groups is 1. The highest BCUT2D eigenvalue weighted by molar-refractivity contribution is 14.0. The number of guanidine groups is 1. The highest BCUT2D eigenvalue weighted by Crippen LogP contribution is 2.18. The highest BCUT2D eigenvalue weighted by atomic mass is 127. The lowest BCUT2D eigenvalue weighted by atomic mass is 10.0. The average Bonchev–Trinajstić information content (AvgIpc) is 2.83. The van der Waals surface area contributed by atoms with Crippen molar-refractivity contribution in [2.24, 2.45) is 4.99 Å². The maximum absolute atomic E-state index is 12.8. The predicted molar refractivity (Wildman–Crippen MR) is 144 cm³/mol. The third-order valence-electron chi connectivity index (χ3n) is 6.49. The maximum atomic E-state index is 12.8. The van der Waals surface area contributed by atoms with Gasteiger partial charge >= 0.3 is 0 Å². The second-order valence-corrected chi connectivity index (χ2v) is 8.77. The van der Waals surface area contributed by atoms with Crippen LogP contribution in [0.25, 0.3) is 0 Å². The molecule has 2 aliphatic rings. The van der Waals surface area contributed by atoms with E-state index in [0.29, 0.717) is 6.54 Å². The van der Waals surface area contributed by atoms with E-state index in [1.54, 1.807) is 0 Å². The number of piperidine rings is 2. The van der Waals surface area contributed by atoms with Crippen molar-refractivity contribution in [2.45, 2.75) is 71.4 Å². The molecule has 1 amide bonds. The lowest BCUT2D eigenvalue weighted by Crippen LogP contribution is -2.45. The quantitative estimate of drug-likeness (QED) is 0.286. The molecule has 2 saturated heterocycles. The molecule has 0 spiro atoms. The number of rotatable bonds is 8. The second-order valence-electron chi connectivity index (χ2n) is 8.77. The zero-order valence-electron chi connectivity index (χ0n) is 19.9. The first-order chi connectivity index (χ1) is 15.2. The van der Waals surface area contributed by atoms with Crippen LogP contribution in [0, 0.1) is 0 Å². The lowest BCUT2D eigenvalue weighted by molar-refractivity contribution is 0.0724. The fourth-order valence-electron chi connectivity index (χ4n) is 4.73. The normalized spacial score (nSPS) is 19.9. The molecule has 2 fully saturated rings. The summed E-state index contributed by atoms with van der Waals surface area (Å²) < 4.78 is 0. The van der Waals surface area contributed by atoms with Crippen molar-refractivity contribution in [3.8, 4) is 0 Å². The van der Waals surface area contributed by atoms with Gasteiger partial charge in [0.15, 0.2) is 5.96 Å². The number of carbonyl (C=O) groups is 1. The molecule has 1 atom stereocenters. The molecule has 2 heterocycles. The molecule has 0 aliphatic carbocycles. The number of likely N-dealkylation sites (tertiary alicyclic amines) is 2. The molecule has 0 bridgehead atoms. The second kappa shape index (κ2) is 14.7. The molecular formula is C25H42IN5O. The van der Waals surface area contributed by atoms with Gasteiger partial charge in [0.2, 0.25) is 0 Å². The summed E-state index contributed by atoms with van der Waals surface area (Å²) in [5.41, 5.74) is 1.85. The first-order valence-corrected chi connectivity index (χ1v) is 12.4. The van der Waals surface area contributed by atoms with Gasteiger partial charge in [0.25, 0.3) is 5.91 Å². The van der Waals surface area contributed by atoms with E-state index in [2.05, 4.69) is 35.4 Å². The van der Waals surface area contributed by atoms with E-state index in [-0.39, 0.29) is 29.9 Å². The van der Waals surface area contributed by atoms with E-state index in [0.717, 1.165) is 68.7 Å². The number of nitrogens with one attached hydrogen (secondary N) is 2. The van der Waals surface area contributed by atoms with E-state index >= 15 is 0 Å². The molecule has 0 aromatic heterocycles. The van der Waals surface area contributed by atoms with Crippen molar-refractivity contribution >= 4 is 35.8 Å². The van der Waals surface area contributed by atoms with Crippen LogP contribution < -0.4 is 10.6 Å². The Bertz CT molecular complexity index is 720. The summed E-state index contributed by atoms with van der Waals surface area (Å²) in [4.78, 5) is 22.2. The van der Waals surface area contributed by atoms with Gasteiger partial charge in [0, 0.05) is 44.3 Å². The molecule has 2 N–H and O–H groups in total. The van der Waals surface area contributed by atoms with Crippen LogP contribution in [0.2, 0.25) is 0 Å². The Morgan fingerprint density at radius 2 is 1.84 bits per heavy atom. The molecule has 32 heavy (non-hydrogen) atoms. The number of amides is 1. The van der Waals surface area contributed by atoms with Crippen LogP contribution in [-0.4, -0.2) is 67.0 Å². The summed E-state index contributed by atoms with van der Waals surface area (Å²) in [5.74, 6) is 1.00. The standard InChI is InChI=1S/C25H41N5O.HI/c1-3-23-13-6-9-15-29(23)18-14-27-25(26-4-2)28-20-21-11-10-12-22(19-21)24(31)30-16-7-5-8-17-30;/h10-12,19,23H,3-9,13-18,20H2,1-2H3,(H2,26,27,28);1H. The van der Waals surface area contributed by atoms with Crippen LogP contribution in [0.15, 0.2) is 29.3 Å². The zero-order valence-corrected chi connectivity index (χ0v) is 22.3. The van der Waals surface area contributed by atoms with Gasteiger partial charge in [-0.25, -0.2) is 4.99 Å². The number of nitrogens with zero attached hydrogens (tertiary/aromatic N) is 3. The molecule has 1 unspecified atom stereocenters. The van der Waals surface area contributed by atoms with E-state index < -0.39 is 0 Å². The average molecular weight is 556 g/mol. The Balaban J connectivity index is 0.00000363. The van der Waals surface area contributed by atoms with Gasteiger partial charge in [-0.1, -0.05) is 25.5 Å². The summed E-state index contributed by atoms with van der Waals surface area (Å²) in [5, 5.41) is 6.84. The van der Waals surface area contributed by atoms with Crippen molar-refractivity contribution in [2.75, 3.05) is 39.3 Å². The Morgan fingerprint density at radius 3 is 2.59 bits per heavy atom. The summed E-state index contributed by atoms with van der Waals surface area (Å²) in [6, 6.07) is 8.69. The molecule has 2 aliphatic heterocycles. The first-order valence-electron chi connectivity index (χ1n) is 12.4. The summed E-state index contributed by atoms with van der Waals surface area (Å²) in [6.45, 7) is 10.7. The molecule has 180 valence electrons. The molecule has 1 aromatic rings. The minimum atomic E-state index is 0. The third kappa shape index (κ3) is 8.21. The SMILES string of the molecule is CCNC(=NCc1cccc(C(=O)N2CCCCC2)c1)NCCN1CCCCC1CC.I. The number of hydrogen-bond acceptors (Lipinski definition) is 3. The van der Waals surface area contributed by atoms with Crippen LogP contribution >= 0.6 is 24.0 Å². The number of halogens is 1. The minimum absolute atomic E-state index is 0. The molecule has 6 nitrogen and oxygen atoms in total. The van der Waals surface area contributed by atoms with Gasteiger partial charge in [-0.2, -0.15) is 0 Å². The molecular weight excluding hydrogens is 513 g/mol. The third-order valence-corrected chi connectivity index (χ3v) is 6.49. The fraction of sp³-hybridized carbons (Fsp3) is 0.680. The van der Waals surface area contributed by atoms with Crippen molar-refractivity contribution in [1.82, 2.24) is 20.4 Å². The van der Waals surface area contributed by atoms with Crippen LogP contribution in [0.3, 0.4) is 0 Å². The van der Waals surface area contributed by atoms with Crippen molar-refractivity contribution in [1.29, 1.82) is 0 Å². The smallest absolute Gasteiger partial charge is 0.253 e. The Hall–Kier alpha value is -1.35. The van der Waals surface area contributed by atoms with Crippen LogP contribution in [0.4, 0.5) is 0 Å². The van der Waals surface area contributed by atoms with Gasteiger partial charge in [-0.15, -0.1) is 24.0 Å². The lowest BCUT2D eigenvalue weighted by Gasteiger charge is -2.35. The molecule has 1 aromatic carbocycles. The summed E-state index contributed by atoms with van der Waals surface area (Å²) >= 11 is 0. The Morgan fingerprint density at radius 1 is 1.06 bits per heavy atom.